The Morgan fingerprint density at radius 1 is 1.38 bits per heavy atom. The lowest BCUT2D eigenvalue weighted by molar-refractivity contribution is -0.141. The van der Waals surface area contributed by atoms with E-state index < -0.39 is 11.9 Å². The van der Waals surface area contributed by atoms with Gasteiger partial charge in [0.1, 0.15) is 17.3 Å². The van der Waals surface area contributed by atoms with Gasteiger partial charge in [0, 0.05) is 13.1 Å². The first-order valence-corrected chi connectivity index (χ1v) is 6.78. The quantitative estimate of drug-likeness (QED) is 0.652. The van der Waals surface area contributed by atoms with Crippen LogP contribution in [-0.4, -0.2) is 23.9 Å². The van der Waals surface area contributed by atoms with Crippen molar-refractivity contribution in [3.05, 3.63) is 23.4 Å². The molecule has 0 radical (unpaired) electrons. The van der Waals surface area contributed by atoms with Gasteiger partial charge in [-0.25, -0.2) is 4.98 Å². The fourth-order valence-corrected chi connectivity index (χ4v) is 2.66. The molecule has 0 bridgehead atoms. The summed E-state index contributed by atoms with van der Waals surface area (Å²) >= 11 is 0. The number of aromatic nitrogens is 1. The van der Waals surface area contributed by atoms with Gasteiger partial charge in [0.2, 0.25) is 0 Å². The van der Waals surface area contributed by atoms with E-state index in [4.69, 9.17) is 11.1 Å². The number of nitrogens with two attached hydrogens (primary N) is 1. The highest BCUT2D eigenvalue weighted by Gasteiger charge is 2.35. The smallest absolute Gasteiger partial charge is 0.384 e. The number of alkyl halides is 3. The van der Waals surface area contributed by atoms with Gasteiger partial charge in [-0.05, 0) is 30.4 Å². The first-order valence-electron chi connectivity index (χ1n) is 6.78. The molecule has 1 aliphatic rings. The fourth-order valence-electron chi connectivity index (χ4n) is 2.66. The molecule has 0 amide bonds. The van der Waals surface area contributed by atoms with Crippen LogP contribution in [0.2, 0.25) is 0 Å². The SMILES string of the molecule is CC1(C)CCCN(c2nc(C(F)(F)F)ccc2C(=N)N)C1. The van der Waals surface area contributed by atoms with Crippen molar-refractivity contribution >= 4 is 11.7 Å². The molecule has 3 N–H and O–H groups in total. The number of rotatable bonds is 2. The van der Waals surface area contributed by atoms with Crippen molar-refractivity contribution in [1.29, 1.82) is 5.41 Å². The van der Waals surface area contributed by atoms with Gasteiger partial charge in [-0.15, -0.1) is 0 Å². The highest BCUT2D eigenvalue weighted by atomic mass is 19.4. The number of hydrogen-bond acceptors (Lipinski definition) is 3. The second-order valence-corrected chi connectivity index (χ2v) is 6.17. The lowest BCUT2D eigenvalue weighted by Crippen LogP contribution is -2.41. The minimum absolute atomic E-state index is 0.00221. The third kappa shape index (κ3) is 3.46. The number of pyridine rings is 1. The number of nitrogen functional groups attached to an aromatic ring is 1. The molecule has 0 aliphatic carbocycles. The van der Waals surface area contributed by atoms with Gasteiger partial charge in [0.25, 0.3) is 0 Å². The fraction of sp³-hybridized carbons (Fsp3) is 0.571. The Bertz CT molecular complexity index is 552. The van der Waals surface area contributed by atoms with Gasteiger partial charge < -0.3 is 10.6 Å². The van der Waals surface area contributed by atoms with Gasteiger partial charge in [-0.1, -0.05) is 13.8 Å². The number of hydrogen-bond donors (Lipinski definition) is 2. The zero-order chi connectivity index (χ0) is 15.8. The van der Waals surface area contributed by atoms with Gasteiger partial charge in [-0.3, -0.25) is 5.41 Å². The van der Waals surface area contributed by atoms with E-state index in [1.165, 1.54) is 6.07 Å². The molecule has 0 spiro atoms. The van der Waals surface area contributed by atoms with Crippen molar-refractivity contribution < 1.29 is 13.2 Å². The molecule has 7 heteroatoms. The van der Waals surface area contributed by atoms with Gasteiger partial charge in [0.15, 0.2) is 0 Å². The summed E-state index contributed by atoms with van der Waals surface area (Å²) in [7, 11) is 0. The Hall–Kier alpha value is -1.79. The average molecular weight is 300 g/mol. The average Bonchev–Trinajstić information content (AvgIpc) is 2.35. The molecular weight excluding hydrogens is 281 g/mol. The third-order valence-electron chi connectivity index (χ3n) is 3.66. The first-order chi connectivity index (χ1) is 9.60. The summed E-state index contributed by atoms with van der Waals surface area (Å²) in [6.45, 7) is 5.36. The van der Waals surface area contributed by atoms with Crippen LogP contribution in [-0.2, 0) is 6.18 Å². The van der Waals surface area contributed by atoms with Crippen molar-refractivity contribution in [3.8, 4) is 0 Å². The van der Waals surface area contributed by atoms with Crippen LogP contribution in [0.5, 0.6) is 0 Å². The maximum Gasteiger partial charge on any atom is 0.433 e. The second-order valence-electron chi connectivity index (χ2n) is 6.17. The van der Waals surface area contributed by atoms with E-state index >= 15 is 0 Å². The Morgan fingerprint density at radius 2 is 2.05 bits per heavy atom. The predicted octanol–water partition coefficient (Wildman–Crippen LogP) is 3.01. The largest absolute Gasteiger partial charge is 0.433 e. The molecule has 21 heavy (non-hydrogen) atoms. The Labute approximate surface area is 121 Å². The zero-order valence-corrected chi connectivity index (χ0v) is 12.1. The Balaban J connectivity index is 2.46. The molecule has 1 aromatic heterocycles. The summed E-state index contributed by atoms with van der Waals surface area (Å²) in [4.78, 5) is 5.54. The maximum absolute atomic E-state index is 12.9. The monoisotopic (exact) mass is 300 g/mol. The molecule has 1 fully saturated rings. The van der Waals surface area contributed by atoms with Gasteiger partial charge >= 0.3 is 6.18 Å². The van der Waals surface area contributed by atoms with Crippen LogP contribution >= 0.6 is 0 Å². The van der Waals surface area contributed by atoms with E-state index in [9.17, 15) is 13.2 Å². The van der Waals surface area contributed by atoms with Crippen molar-refractivity contribution in [2.75, 3.05) is 18.0 Å². The maximum atomic E-state index is 12.9. The molecule has 1 aliphatic heterocycles. The molecule has 0 unspecified atom stereocenters. The van der Waals surface area contributed by atoms with Gasteiger partial charge in [-0.2, -0.15) is 13.2 Å². The highest BCUT2D eigenvalue weighted by Crippen LogP contribution is 2.34. The molecule has 2 rings (SSSR count). The number of anilines is 1. The van der Waals surface area contributed by atoms with Crippen molar-refractivity contribution in [2.45, 2.75) is 32.9 Å². The zero-order valence-electron chi connectivity index (χ0n) is 12.1. The van der Waals surface area contributed by atoms with Crippen LogP contribution in [0.3, 0.4) is 0 Å². The molecule has 0 saturated carbocycles. The Kier molecular flexibility index (Phi) is 3.86. The molecular formula is C14H19F3N4. The lowest BCUT2D eigenvalue weighted by Gasteiger charge is -2.39. The van der Waals surface area contributed by atoms with Crippen LogP contribution < -0.4 is 10.6 Å². The van der Waals surface area contributed by atoms with E-state index in [1.54, 1.807) is 4.90 Å². The first kappa shape index (κ1) is 15.6. The molecule has 1 saturated heterocycles. The summed E-state index contributed by atoms with van der Waals surface area (Å²) < 4.78 is 38.6. The van der Waals surface area contributed by atoms with Crippen LogP contribution in [0.4, 0.5) is 19.0 Å². The minimum Gasteiger partial charge on any atom is -0.384 e. The summed E-state index contributed by atoms with van der Waals surface area (Å²) in [6, 6.07) is 2.10. The predicted molar refractivity (Wildman–Crippen MR) is 75.5 cm³/mol. The number of piperidine rings is 1. The molecule has 2 heterocycles. The van der Waals surface area contributed by atoms with Crippen LogP contribution in [0.25, 0.3) is 0 Å². The minimum atomic E-state index is -4.50. The van der Waals surface area contributed by atoms with E-state index in [0.717, 1.165) is 18.9 Å². The van der Waals surface area contributed by atoms with Crippen LogP contribution in [0, 0.1) is 10.8 Å². The van der Waals surface area contributed by atoms with Crippen molar-refractivity contribution in [3.63, 3.8) is 0 Å². The lowest BCUT2D eigenvalue weighted by atomic mass is 9.84. The van der Waals surface area contributed by atoms with E-state index in [0.29, 0.717) is 13.1 Å². The van der Waals surface area contributed by atoms with Crippen molar-refractivity contribution in [2.24, 2.45) is 11.1 Å². The molecule has 1 aromatic rings. The summed E-state index contributed by atoms with van der Waals surface area (Å²) in [5.41, 5.74) is 4.78. The normalized spacial score (nSPS) is 18.6. The molecule has 0 aromatic carbocycles. The van der Waals surface area contributed by atoms with E-state index in [-0.39, 0.29) is 22.6 Å². The number of nitrogens with one attached hydrogen (secondary N) is 1. The topological polar surface area (TPSA) is 66.0 Å². The number of nitrogens with zero attached hydrogens (tertiary/aromatic N) is 2. The second kappa shape index (κ2) is 5.20. The van der Waals surface area contributed by atoms with Crippen LogP contribution in [0.15, 0.2) is 12.1 Å². The number of amidine groups is 1. The molecule has 0 atom stereocenters. The summed E-state index contributed by atoms with van der Waals surface area (Å²) in [6.07, 6.45) is -2.62. The van der Waals surface area contributed by atoms with Gasteiger partial charge in [0.05, 0.1) is 5.56 Å². The molecule has 4 nitrogen and oxygen atoms in total. The summed E-state index contributed by atoms with van der Waals surface area (Å²) in [5, 5.41) is 7.55. The third-order valence-corrected chi connectivity index (χ3v) is 3.66. The van der Waals surface area contributed by atoms with Crippen LogP contribution in [0.1, 0.15) is 37.9 Å². The standard InChI is InChI=1S/C14H19F3N4/c1-13(2)6-3-7-21(8-13)12-9(11(18)19)4-5-10(20-12)14(15,16)17/h4-5H,3,6-8H2,1-2H3,(H3,18,19). The Morgan fingerprint density at radius 3 is 2.57 bits per heavy atom. The molecule has 116 valence electrons. The highest BCUT2D eigenvalue weighted by molar-refractivity contribution is 5.99. The van der Waals surface area contributed by atoms with E-state index in [2.05, 4.69) is 18.8 Å². The summed E-state index contributed by atoms with van der Waals surface area (Å²) in [5.74, 6) is -0.111. The van der Waals surface area contributed by atoms with E-state index in [1.807, 2.05) is 0 Å². The number of halogens is 3. The van der Waals surface area contributed by atoms with Crippen molar-refractivity contribution in [1.82, 2.24) is 4.98 Å².